The maximum atomic E-state index is 5.35. The molecule has 5 heteroatoms. The van der Waals surface area contributed by atoms with Crippen LogP contribution in [0, 0.1) is 0 Å². The molecule has 0 N–H and O–H groups in total. The van der Waals surface area contributed by atoms with Crippen molar-refractivity contribution in [3.63, 3.8) is 0 Å². The zero-order chi connectivity index (χ0) is 37.0. The first kappa shape index (κ1) is 31.9. The number of para-hydroxylation sites is 4. The van der Waals surface area contributed by atoms with E-state index < -0.39 is 0 Å². The van der Waals surface area contributed by atoms with Crippen LogP contribution in [0.4, 0.5) is 0 Å². The highest BCUT2D eigenvalue weighted by Crippen LogP contribution is 2.38. The number of rotatable bonds is 6. The Kier molecular flexibility index (Phi) is 7.42. The van der Waals surface area contributed by atoms with E-state index in [1.165, 1.54) is 21.9 Å². The first-order valence-corrected chi connectivity index (χ1v) is 18.9. The number of benzene rings is 8. The molecular formula is C51H33N5. The van der Waals surface area contributed by atoms with E-state index in [4.69, 9.17) is 15.0 Å². The van der Waals surface area contributed by atoms with E-state index in [1.807, 2.05) is 6.07 Å². The minimum absolute atomic E-state index is 0.569. The summed E-state index contributed by atoms with van der Waals surface area (Å²) in [6.07, 6.45) is 0. The third kappa shape index (κ3) is 5.21. The Morgan fingerprint density at radius 2 is 0.732 bits per heavy atom. The number of hydrogen-bond donors (Lipinski definition) is 0. The van der Waals surface area contributed by atoms with Crippen molar-refractivity contribution in [1.29, 1.82) is 0 Å². The molecule has 11 aromatic rings. The van der Waals surface area contributed by atoms with Gasteiger partial charge in [0.2, 0.25) is 5.95 Å². The third-order valence-electron chi connectivity index (χ3n) is 10.8. The molecule has 0 radical (unpaired) electrons. The molecule has 0 saturated carbocycles. The molecule has 0 aliphatic carbocycles. The van der Waals surface area contributed by atoms with Gasteiger partial charge in [-0.15, -0.1) is 0 Å². The Hall–Kier alpha value is -7.63. The third-order valence-corrected chi connectivity index (χ3v) is 10.8. The van der Waals surface area contributed by atoms with Crippen molar-refractivity contribution < 1.29 is 0 Å². The molecule has 11 rings (SSSR count). The van der Waals surface area contributed by atoms with Gasteiger partial charge in [-0.1, -0.05) is 158 Å². The van der Waals surface area contributed by atoms with E-state index in [0.29, 0.717) is 17.6 Å². The number of fused-ring (bicyclic) bond motifs is 6. The van der Waals surface area contributed by atoms with E-state index >= 15 is 0 Å². The fraction of sp³-hybridized carbons (Fsp3) is 0. The van der Waals surface area contributed by atoms with Crippen LogP contribution in [0.5, 0.6) is 0 Å². The number of aromatic nitrogens is 5. The molecule has 0 saturated heterocycles. The van der Waals surface area contributed by atoms with Gasteiger partial charge in [-0.3, -0.25) is 4.57 Å². The van der Waals surface area contributed by atoms with Crippen LogP contribution in [0.15, 0.2) is 200 Å². The van der Waals surface area contributed by atoms with E-state index in [1.54, 1.807) is 0 Å². The summed E-state index contributed by atoms with van der Waals surface area (Å²) >= 11 is 0. The van der Waals surface area contributed by atoms with Crippen LogP contribution in [0.25, 0.3) is 100 Å². The van der Waals surface area contributed by atoms with Crippen LogP contribution in [0.2, 0.25) is 0 Å². The molecule has 0 aliphatic rings. The molecule has 0 bridgehead atoms. The van der Waals surface area contributed by atoms with Crippen molar-refractivity contribution in [2.24, 2.45) is 0 Å². The summed E-state index contributed by atoms with van der Waals surface area (Å²) in [5.41, 5.74) is 11.8. The van der Waals surface area contributed by atoms with Crippen LogP contribution in [-0.2, 0) is 0 Å². The minimum atomic E-state index is 0.569. The zero-order valence-corrected chi connectivity index (χ0v) is 30.3. The molecular weight excluding hydrogens is 683 g/mol. The van der Waals surface area contributed by atoms with Crippen LogP contribution >= 0.6 is 0 Å². The summed E-state index contributed by atoms with van der Waals surface area (Å²) in [5, 5.41) is 4.69. The summed E-state index contributed by atoms with van der Waals surface area (Å²) in [5.74, 6) is 1.77. The molecule has 0 fully saturated rings. The fourth-order valence-corrected chi connectivity index (χ4v) is 8.19. The maximum Gasteiger partial charge on any atom is 0.238 e. The van der Waals surface area contributed by atoms with Gasteiger partial charge in [-0.25, -0.2) is 4.98 Å². The quantitative estimate of drug-likeness (QED) is 0.172. The second-order valence-electron chi connectivity index (χ2n) is 14.1. The van der Waals surface area contributed by atoms with Gasteiger partial charge in [0, 0.05) is 32.7 Å². The topological polar surface area (TPSA) is 48.5 Å². The molecule has 3 heterocycles. The normalized spacial score (nSPS) is 11.6. The van der Waals surface area contributed by atoms with Crippen molar-refractivity contribution in [2.45, 2.75) is 0 Å². The fourth-order valence-electron chi connectivity index (χ4n) is 8.19. The Labute approximate surface area is 323 Å². The summed E-state index contributed by atoms with van der Waals surface area (Å²) in [4.78, 5) is 15.9. The Bertz CT molecular complexity index is 3180. The first-order valence-electron chi connectivity index (χ1n) is 18.9. The highest BCUT2D eigenvalue weighted by molar-refractivity contribution is 6.11. The monoisotopic (exact) mass is 715 g/mol. The summed E-state index contributed by atoms with van der Waals surface area (Å²) in [6.45, 7) is 0. The van der Waals surface area contributed by atoms with Gasteiger partial charge in [0.15, 0.2) is 11.6 Å². The molecule has 3 aromatic heterocycles. The summed E-state index contributed by atoms with van der Waals surface area (Å²) in [6, 6.07) is 70.3. The molecule has 0 amide bonds. The lowest BCUT2D eigenvalue weighted by atomic mass is 10.0. The molecule has 0 unspecified atom stereocenters. The average Bonchev–Trinajstić information content (AvgIpc) is 3.79. The standard InChI is InChI=1S/C51H33N5/c1-3-15-34(16-4-1)36-27-29-37(30-28-36)49-52-50(54-51(53-49)56-45-24-12-7-19-39(45)40-20-8-13-25-46(40)56)42-22-10-14-26-47(42)55-44-23-11-9-21-41(44)43-33-38(31-32-48(43)55)35-17-5-2-6-18-35/h1-33H. The zero-order valence-electron chi connectivity index (χ0n) is 30.3. The molecule has 262 valence electrons. The van der Waals surface area contributed by atoms with Crippen molar-refractivity contribution in [1.82, 2.24) is 24.1 Å². The summed E-state index contributed by atoms with van der Waals surface area (Å²) in [7, 11) is 0. The molecule has 5 nitrogen and oxygen atoms in total. The lowest BCUT2D eigenvalue weighted by molar-refractivity contribution is 0.951. The highest BCUT2D eigenvalue weighted by Gasteiger charge is 2.21. The van der Waals surface area contributed by atoms with E-state index in [-0.39, 0.29) is 0 Å². The van der Waals surface area contributed by atoms with Crippen molar-refractivity contribution in [3.05, 3.63) is 200 Å². The predicted octanol–water partition coefficient (Wildman–Crippen LogP) is 12.7. The average molecular weight is 716 g/mol. The highest BCUT2D eigenvalue weighted by atomic mass is 15.2. The lowest BCUT2D eigenvalue weighted by Crippen LogP contribution is -2.07. The van der Waals surface area contributed by atoms with Crippen LogP contribution in [0.3, 0.4) is 0 Å². The van der Waals surface area contributed by atoms with E-state index in [0.717, 1.165) is 60.8 Å². The second kappa shape index (κ2) is 13.0. The molecule has 56 heavy (non-hydrogen) atoms. The lowest BCUT2D eigenvalue weighted by Gasteiger charge is -2.15. The van der Waals surface area contributed by atoms with Crippen molar-refractivity contribution >= 4 is 43.6 Å². The molecule has 8 aromatic carbocycles. The van der Waals surface area contributed by atoms with Crippen LogP contribution in [-0.4, -0.2) is 24.1 Å². The van der Waals surface area contributed by atoms with Gasteiger partial charge in [0.1, 0.15) is 0 Å². The largest absolute Gasteiger partial charge is 0.309 e. The van der Waals surface area contributed by atoms with Gasteiger partial charge >= 0.3 is 0 Å². The number of nitrogens with zero attached hydrogens (tertiary/aromatic N) is 5. The van der Waals surface area contributed by atoms with Gasteiger partial charge in [-0.05, 0) is 64.7 Å². The van der Waals surface area contributed by atoms with Crippen molar-refractivity contribution in [2.75, 3.05) is 0 Å². The first-order chi connectivity index (χ1) is 27.8. The molecule has 0 atom stereocenters. The Morgan fingerprint density at radius 3 is 1.39 bits per heavy atom. The predicted molar refractivity (Wildman–Crippen MR) is 230 cm³/mol. The summed E-state index contributed by atoms with van der Waals surface area (Å²) < 4.78 is 4.53. The molecule has 0 spiro atoms. The van der Waals surface area contributed by atoms with Crippen LogP contribution < -0.4 is 0 Å². The van der Waals surface area contributed by atoms with Gasteiger partial charge in [0.05, 0.1) is 27.8 Å². The molecule has 0 aliphatic heterocycles. The second-order valence-corrected chi connectivity index (χ2v) is 14.1. The smallest absolute Gasteiger partial charge is 0.238 e. The van der Waals surface area contributed by atoms with E-state index in [9.17, 15) is 0 Å². The SMILES string of the molecule is c1ccc(-c2ccc(-c3nc(-c4ccccc4-n4c5ccccc5c5cc(-c6ccccc6)ccc54)nc(-n4c5ccccc5c5ccccc54)n3)cc2)cc1. The number of hydrogen-bond acceptors (Lipinski definition) is 3. The Morgan fingerprint density at radius 1 is 0.286 bits per heavy atom. The Balaban J connectivity index is 1.15. The van der Waals surface area contributed by atoms with Gasteiger partial charge in [0.25, 0.3) is 0 Å². The van der Waals surface area contributed by atoms with Gasteiger partial charge in [-0.2, -0.15) is 9.97 Å². The van der Waals surface area contributed by atoms with E-state index in [2.05, 4.69) is 203 Å². The van der Waals surface area contributed by atoms with Crippen LogP contribution in [0.1, 0.15) is 0 Å². The maximum absolute atomic E-state index is 5.35. The van der Waals surface area contributed by atoms with Crippen molar-refractivity contribution in [3.8, 4) is 56.7 Å². The van der Waals surface area contributed by atoms with Gasteiger partial charge < -0.3 is 4.57 Å². The minimum Gasteiger partial charge on any atom is -0.309 e.